The van der Waals surface area contributed by atoms with Gasteiger partial charge in [0.05, 0.1) is 26.0 Å². The van der Waals surface area contributed by atoms with E-state index < -0.39 is 87.1 Å². The molecule has 84 heavy (non-hydrogen) atoms. The number of nitrogens with zero attached hydrogens (tertiary/aromatic N) is 11. The molecule has 0 saturated heterocycles. The van der Waals surface area contributed by atoms with Crippen molar-refractivity contribution in [1.29, 1.82) is 5.26 Å². The number of nitro groups is 1. The Balaban J connectivity index is 1.15. The molecule has 0 radical (unpaired) electrons. The van der Waals surface area contributed by atoms with Crippen LogP contribution in [0.4, 0.5) is 79.4 Å². The SMILES string of the molecule is CCNc1nc(Nc2ccccc2)nc(Nc2ccc(-c3nc(N=Nc4c(Nc5ccc(S(=O)(=O)O)cc5)nc(Nc5ccc(S(=O)(=O)O)cc5)c(C#N)c4C)sc3/N=N/c3cc(S(=O)(=O)O)c4cc([N+](=O)[O-])cc(S(=O)(=O)O)c4c3)cc2)n1. The number of pyridine rings is 1. The summed E-state index contributed by atoms with van der Waals surface area (Å²) in [5.74, 6) is 0.443. The fraction of sp³-hybridized carbons (Fsp3) is 0.0612. The van der Waals surface area contributed by atoms with Gasteiger partial charge in [0, 0.05) is 63.3 Å². The monoisotopic (exact) mass is 1230 g/mol. The number of nitrogens with one attached hydrogen (secondary N) is 5. The zero-order valence-electron chi connectivity index (χ0n) is 42.7. The Kier molecular flexibility index (Phi) is 16.5. The van der Waals surface area contributed by atoms with E-state index in [1.54, 1.807) is 24.3 Å². The summed E-state index contributed by atoms with van der Waals surface area (Å²) in [7, 11) is -19.8. The van der Waals surface area contributed by atoms with Gasteiger partial charge in [-0.05, 0) is 98.8 Å². The summed E-state index contributed by atoms with van der Waals surface area (Å²) in [6.07, 6.45) is 0. The van der Waals surface area contributed by atoms with Crippen LogP contribution < -0.4 is 26.6 Å². The summed E-state index contributed by atoms with van der Waals surface area (Å²) in [5, 5.41) is 53.3. The number of non-ortho nitro benzene ring substituents is 1. The number of nitriles is 1. The second-order valence-corrected chi connectivity index (χ2v) is 23.9. The van der Waals surface area contributed by atoms with Gasteiger partial charge in [-0.15, -0.1) is 20.5 Å². The molecular weight excluding hydrogens is 1200 g/mol. The van der Waals surface area contributed by atoms with Crippen LogP contribution in [0, 0.1) is 28.4 Å². The quantitative estimate of drug-likeness (QED) is 0.0148. The Hall–Kier alpha value is -9.90. The van der Waals surface area contributed by atoms with Gasteiger partial charge in [0.1, 0.15) is 27.2 Å². The van der Waals surface area contributed by atoms with Crippen LogP contribution >= 0.6 is 11.3 Å². The molecule has 0 atom stereocenters. The maximum absolute atomic E-state index is 12.8. The van der Waals surface area contributed by atoms with Gasteiger partial charge in [0.15, 0.2) is 16.6 Å². The van der Waals surface area contributed by atoms with E-state index in [1.165, 1.54) is 31.2 Å². The average molecular weight is 1240 g/mol. The van der Waals surface area contributed by atoms with Crippen molar-refractivity contribution in [1.82, 2.24) is 24.9 Å². The van der Waals surface area contributed by atoms with Crippen molar-refractivity contribution >= 4 is 142 Å². The standard InChI is InChI=1S/C49H38N16O14S5/c1-3-51-46-58-47(54-28-7-5-4-6-8-28)60-48(59-46)55-31-11-9-27(10-12-31)42-45(63-61-32-21-36-37(39(22-32)83(74,75)76)23-33(65(66)67)24-40(36)84(77,78)79)80-49(56-42)64-62-41-26(2)38(25-50)43(52-29-13-17-34(18-14-29)81(68,69)70)57-44(41)53-30-15-19-35(20-16-30)82(71,72)73/h4-24H,3H2,1-2H3,(H2,52,53,57)(H,68,69,70)(H,71,72,73)(H,74,75,76)(H,77,78,79)(H3,51,54,55,58,59,60)/b63-61+,64-62?. The Labute approximate surface area is 479 Å². The number of anilines is 9. The smallest absolute Gasteiger partial charge is 0.295 e. The number of thiazole rings is 1. The summed E-state index contributed by atoms with van der Waals surface area (Å²) in [6.45, 7) is 3.85. The zero-order valence-corrected chi connectivity index (χ0v) is 46.7. The Morgan fingerprint density at radius 2 is 1.10 bits per heavy atom. The first kappa shape index (κ1) is 58.7. The predicted molar refractivity (Wildman–Crippen MR) is 306 cm³/mol. The van der Waals surface area contributed by atoms with Gasteiger partial charge in [0.2, 0.25) is 23.0 Å². The minimum atomic E-state index is -5.30. The highest BCUT2D eigenvalue weighted by molar-refractivity contribution is 7.87. The maximum atomic E-state index is 12.8. The van der Waals surface area contributed by atoms with Crippen molar-refractivity contribution in [3.63, 3.8) is 0 Å². The molecule has 30 nitrogen and oxygen atoms in total. The van der Waals surface area contributed by atoms with Crippen molar-refractivity contribution in [2.45, 2.75) is 33.4 Å². The van der Waals surface area contributed by atoms with Crippen molar-refractivity contribution < 1.29 is 56.8 Å². The predicted octanol–water partition coefficient (Wildman–Crippen LogP) is 10.9. The van der Waals surface area contributed by atoms with E-state index in [0.29, 0.717) is 35.6 Å². The number of fused-ring (bicyclic) bond motifs is 1. The van der Waals surface area contributed by atoms with Crippen molar-refractivity contribution in [2.75, 3.05) is 33.1 Å². The first-order valence-electron chi connectivity index (χ1n) is 23.6. The lowest BCUT2D eigenvalue weighted by atomic mass is 10.1. The van der Waals surface area contributed by atoms with Crippen LogP contribution in [0.5, 0.6) is 0 Å². The van der Waals surface area contributed by atoms with Crippen molar-refractivity contribution in [2.24, 2.45) is 20.5 Å². The number of hydrogen-bond donors (Lipinski definition) is 9. The third-order valence-corrected chi connectivity index (χ3v) is 15.9. The van der Waals surface area contributed by atoms with Gasteiger partial charge in [-0.25, -0.2) is 9.97 Å². The molecule has 35 heteroatoms. The van der Waals surface area contributed by atoms with Crippen LogP contribution in [0.1, 0.15) is 18.1 Å². The van der Waals surface area contributed by atoms with Crippen LogP contribution in [0.3, 0.4) is 0 Å². The number of benzene rings is 6. The molecule has 0 bridgehead atoms. The molecule has 0 fully saturated rings. The van der Waals surface area contributed by atoms with Gasteiger partial charge in [-0.1, -0.05) is 41.7 Å². The summed E-state index contributed by atoms with van der Waals surface area (Å²) in [6, 6.07) is 30.1. The second-order valence-electron chi connectivity index (χ2n) is 17.3. The lowest BCUT2D eigenvalue weighted by Crippen LogP contribution is -2.09. The average Bonchev–Trinajstić information content (AvgIpc) is 1.75. The molecule has 9 N–H and O–H groups in total. The molecule has 0 unspecified atom stereocenters. The number of nitro benzene ring substituents is 1. The molecular formula is C49H38N16O14S5. The Bertz CT molecular complexity index is 4670. The number of azo groups is 2. The maximum Gasteiger partial charge on any atom is 0.295 e. The first-order valence-corrected chi connectivity index (χ1v) is 30.2. The Morgan fingerprint density at radius 1 is 0.583 bits per heavy atom. The fourth-order valence-electron chi connectivity index (χ4n) is 7.79. The normalized spacial score (nSPS) is 12.1. The van der Waals surface area contributed by atoms with E-state index in [9.17, 15) is 67.3 Å². The van der Waals surface area contributed by atoms with Gasteiger partial charge in [-0.2, -0.15) is 53.9 Å². The largest absolute Gasteiger partial charge is 0.354 e. The van der Waals surface area contributed by atoms with Crippen LogP contribution in [0.15, 0.2) is 167 Å². The van der Waals surface area contributed by atoms with E-state index in [1.807, 2.05) is 43.3 Å². The van der Waals surface area contributed by atoms with Gasteiger partial charge < -0.3 is 26.6 Å². The summed E-state index contributed by atoms with van der Waals surface area (Å²) < 4.78 is 137. The lowest BCUT2D eigenvalue weighted by Gasteiger charge is -2.16. The van der Waals surface area contributed by atoms with E-state index in [-0.39, 0.29) is 73.5 Å². The van der Waals surface area contributed by atoms with E-state index in [0.717, 1.165) is 47.7 Å². The van der Waals surface area contributed by atoms with Gasteiger partial charge >= 0.3 is 0 Å². The highest BCUT2D eigenvalue weighted by Gasteiger charge is 2.27. The first-order chi connectivity index (χ1) is 39.7. The molecule has 0 saturated carbocycles. The van der Waals surface area contributed by atoms with Crippen LogP contribution in [0.25, 0.3) is 22.0 Å². The lowest BCUT2D eigenvalue weighted by molar-refractivity contribution is -0.384. The molecule has 0 aliphatic rings. The molecule has 9 aromatic rings. The Morgan fingerprint density at radius 3 is 1.63 bits per heavy atom. The number of para-hydroxylation sites is 1. The molecule has 428 valence electrons. The zero-order chi connectivity index (χ0) is 60.3. The molecule has 0 aliphatic heterocycles. The molecule has 0 amide bonds. The second kappa shape index (κ2) is 23.5. The van der Waals surface area contributed by atoms with Gasteiger partial charge in [0.25, 0.3) is 46.2 Å². The highest BCUT2D eigenvalue weighted by atomic mass is 32.2. The topological polar surface area (TPSA) is 458 Å². The minimum absolute atomic E-state index is 0.0580. The van der Waals surface area contributed by atoms with E-state index >= 15 is 0 Å². The molecule has 0 aliphatic carbocycles. The number of aromatic nitrogens is 5. The number of hydrogen-bond acceptors (Lipinski definition) is 26. The molecule has 6 aromatic carbocycles. The van der Waals surface area contributed by atoms with Gasteiger partial charge in [-0.3, -0.25) is 28.3 Å². The van der Waals surface area contributed by atoms with Crippen molar-refractivity contribution in [3.8, 4) is 17.3 Å². The minimum Gasteiger partial charge on any atom is -0.354 e. The van der Waals surface area contributed by atoms with Crippen LogP contribution in [-0.4, -0.2) is 88.3 Å². The summed E-state index contributed by atoms with van der Waals surface area (Å²) >= 11 is 0.745. The highest BCUT2D eigenvalue weighted by Crippen LogP contribution is 2.44. The fourth-order valence-corrected chi connectivity index (χ4v) is 10.9. The molecule has 0 spiro atoms. The van der Waals surface area contributed by atoms with E-state index in [4.69, 9.17) is 0 Å². The van der Waals surface area contributed by atoms with Crippen molar-refractivity contribution in [3.05, 3.63) is 149 Å². The summed E-state index contributed by atoms with van der Waals surface area (Å²) in [4.78, 5) is 30.4. The molecule has 9 rings (SSSR count). The third kappa shape index (κ3) is 13.7. The van der Waals surface area contributed by atoms with E-state index in [2.05, 4.69) is 72.0 Å². The third-order valence-electron chi connectivity index (χ3n) is 11.6. The molecule has 3 heterocycles. The summed E-state index contributed by atoms with van der Waals surface area (Å²) in [5.41, 5.74) is 0.586. The van der Waals surface area contributed by atoms with Crippen LogP contribution in [0.2, 0.25) is 0 Å². The van der Waals surface area contributed by atoms with Crippen LogP contribution in [-0.2, 0) is 40.5 Å². The molecule has 3 aromatic heterocycles. The number of rotatable bonds is 20.